The molecule has 0 spiro atoms. The summed E-state index contributed by atoms with van der Waals surface area (Å²) >= 11 is 1.87. The number of hydrogen-bond donors (Lipinski definition) is 1. The fourth-order valence-electron chi connectivity index (χ4n) is 2.78. The van der Waals surface area contributed by atoms with Crippen LogP contribution in [0.2, 0.25) is 0 Å². The Morgan fingerprint density at radius 2 is 2.35 bits per heavy atom. The molecule has 1 N–H and O–H groups in total. The predicted octanol–water partition coefficient (Wildman–Crippen LogP) is 3.34. The molecule has 1 atom stereocenters. The number of benzene rings is 1. The molecule has 1 heterocycles. The second kappa shape index (κ2) is 5.94. The topological polar surface area (TPSA) is 34.1 Å². The molecule has 3 nitrogen and oxygen atoms in total. The number of nitrogens with one attached hydrogen (secondary N) is 1. The lowest BCUT2D eigenvalue weighted by Gasteiger charge is -2.19. The van der Waals surface area contributed by atoms with E-state index in [1.54, 1.807) is 7.11 Å². The van der Waals surface area contributed by atoms with Gasteiger partial charge in [-0.1, -0.05) is 12.1 Å². The molecule has 20 heavy (non-hydrogen) atoms. The van der Waals surface area contributed by atoms with Crippen LogP contribution < -0.4 is 10.1 Å². The fourth-order valence-corrected chi connectivity index (χ4v) is 3.99. The Labute approximate surface area is 124 Å². The molecule has 106 valence electrons. The van der Waals surface area contributed by atoms with Crippen molar-refractivity contribution >= 4 is 11.3 Å². The van der Waals surface area contributed by atoms with E-state index in [2.05, 4.69) is 17.4 Å². The van der Waals surface area contributed by atoms with Crippen molar-refractivity contribution in [2.75, 3.05) is 14.2 Å². The molecule has 1 aliphatic rings. The van der Waals surface area contributed by atoms with Crippen LogP contribution in [0.15, 0.2) is 24.3 Å². The van der Waals surface area contributed by atoms with Gasteiger partial charge >= 0.3 is 0 Å². The summed E-state index contributed by atoms with van der Waals surface area (Å²) in [4.78, 5) is 6.34. The number of aromatic nitrogens is 1. The highest BCUT2D eigenvalue weighted by Gasteiger charge is 2.23. The van der Waals surface area contributed by atoms with Crippen LogP contribution in [0.5, 0.6) is 5.75 Å². The summed E-state index contributed by atoms with van der Waals surface area (Å²) in [7, 11) is 3.74. The molecule has 0 saturated heterocycles. The van der Waals surface area contributed by atoms with Crippen molar-refractivity contribution in [3.63, 3.8) is 0 Å². The molecule has 3 rings (SSSR count). The summed E-state index contributed by atoms with van der Waals surface area (Å²) in [6.07, 6.45) is 4.54. The van der Waals surface area contributed by atoms with Crippen molar-refractivity contribution in [2.45, 2.75) is 31.7 Å². The lowest BCUT2D eigenvalue weighted by Crippen LogP contribution is -2.21. The van der Waals surface area contributed by atoms with Gasteiger partial charge in [-0.05, 0) is 44.0 Å². The summed E-state index contributed by atoms with van der Waals surface area (Å²) in [5.74, 6) is 0.914. The molecule has 1 aliphatic carbocycles. The molecular formula is C16H20N2OS. The van der Waals surface area contributed by atoms with E-state index < -0.39 is 0 Å². The van der Waals surface area contributed by atoms with E-state index in [1.807, 2.05) is 30.5 Å². The Morgan fingerprint density at radius 1 is 1.45 bits per heavy atom. The molecule has 1 aromatic heterocycles. The zero-order valence-electron chi connectivity index (χ0n) is 12.0. The minimum absolute atomic E-state index is 0.439. The van der Waals surface area contributed by atoms with Crippen LogP contribution in [0.25, 0.3) is 0 Å². The van der Waals surface area contributed by atoms with Crippen molar-refractivity contribution in [2.24, 2.45) is 0 Å². The van der Waals surface area contributed by atoms with E-state index in [9.17, 15) is 0 Å². The maximum atomic E-state index is 5.28. The first kappa shape index (κ1) is 13.6. The second-order valence-corrected chi connectivity index (χ2v) is 6.35. The van der Waals surface area contributed by atoms with Crippen molar-refractivity contribution in [1.82, 2.24) is 10.3 Å². The average molecular weight is 288 g/mol. The van der Waals surface area contributed by atoms with Gasteiger partial charge in [-0.25, -0.2) is 4.98 Å². The Hall–Kier alpha value is -1.39. The molecule has 0 amide bonds. The molecular weight excluding hydrogens is 268 g/mol. The quantitative estimate of drug-likeness (QED) is 0.937. The lowest BCUT2D eigenvalue weighted by molar-refractivity contribution is 0.414. The van der Waals surface area contributed by atoms with Crippen molar-refractivity contribution < 1.29 is 4.74 Å². The first-order valence-corrected chi connectivity index (χ1v) is 7.90. The van der Waals surface area contributed by atoms with Gasteiger partial charge in [-0.15, -0.1) is 11.3 Å². The molecule has 0 fully saturated rings. The van der Waals surface area contributed by atoms with Crippen molar-refractivity contribution in [1.29, 1.82) is 0 Å². The first-order valence-electron chi connectivity index (χ1n) is 7.09. The third-order valence-electron chi connectivity index (χ3n) is 3.84. The Morgan fingerprint density at radius 3 is 3.15 bits per heavy atom. The normalized spacial score (nSPS) is 17.8. The highest BCUT2D eigenvalue weighted by atomic mass is 32.1. The van der Waals surface area contributed by atoms with Crippen LogP contribution in [0.4, 0.5) is 0 Å². The molecule has 2 aromatic rings. The minimum atomic E-state index is 0.439. The van der Waals surface area contributed by atoms with Gasteiger partial charge in [-0.3, -0.25) is 0 Å². The van der Waals surface area contributed by atoms with Crippen LogP contribution in [-0.2, 0) is 12.8 Å². The molecule has 0 radical (unpaired) electrons. The highest BCUT2D eigenvalue weighted by Crippen LogP contribution is 2.33. The predicted molar refractivity (Wildman–Crippen MR) is 82.7 cm³/mol. The van der Waals surface area contributed by atoms with Crippen molar-refractivity contribution in [3.8, 4) is 5.75 Å². The lowest BCUT2D eigenvalue weighted by atomic mass is 9.98. The summed E-state index contributed by atoms with van der Waals surface area (Å²) in [5.41, 5.74) is 2.54. The van der Waals surface area contributed by atoms with Crippen LogP contribution in [0.3, 0.4) is 0 Å². The van der Waals surface area contributed by atoms with E-state index >= 15 is 0 Å². The van der Waals surface area contributed by atoms with Crippen LogP contribution >= 0.6 is 11.3 Å². The third kappa shape index (κ3) is 2.72. The van der Waals surface area contributed by atoms with Gasteiger partial charge in [0.15, 0.2) is 0 Å². The van der Waals surface area contributed by atoms with E-state index in [0.29, 0.717) is 6.04 Å². The summed E-state index contributed by atoms with van der Waals surface area (Å²) in [6.45, 7) is 0. The van der Waals surface area contributed by atoms with E-state index in [1.165, 1.54) is 40.4 Å². The molecule has 0 saturated carbocycles. The summed E-state index contributed by atoms with van der Waals surface area (Å²) in [6, 6.07) is 8.69. The smallest absolute Gasteiger partial charge is 0.119 e. The van der Waals surface area contributed by atoms with Gasteiger partial charge in [0.05, 0.1) is 23.9 Å². The SMILES string of the molecule is CNC1CCCc2sc(Cc3cccc(OC)c3)nc21. The van der Waals surface area contributed by atoms with Gasteiger partial charge in [0, 0.05) is 11.3 Å². The monoisotopic (exact) mass is 288 g/mol. The van der Waals surface area contributed by atoms with Gasteiger partial charge in [0.2, 0.25) is 0 Å². The van der Waals surface area contributed by atoms with Gasteiger partial charge in [0.25, 0.3) is 0 Å². The number of methoxy groups -OCH3 is 1. The largest absolute Gasteiger partial charge is 0.497 e. The minimum Gasteiger partial charge on any atom is -0.497 e. The molecule has 0 aliphatic heterocycles. The number of fused-ring (bicyclic) bond motifs is 1. The average Bonchev–Trinajstić information content (AvgIpc) is 2.89. The number of thiazole rings is 1. The van der Waals surface area contributed by atoms with E-state index in [-0.39, 0.29) is 0 Å². The maximum Gasteiger partial charge on any atom is 0.119 e. The summed E-state index contributed by atoms with van der Waals surface area (Å²) in [5, 5.41) is 4.59. The zero-order chi connectivity index (χ0) is 13.9. The standard InChI is InChI=1S/C16H20N2OS/c1-17-13-7-4-8-14-16(13)18-15(20-14)10-11-5-3-6-12(9-11)19-2/h3,5-6,9,13,17H,4,7-8,10H2,1-2H3. The first-order chi connectivity index (χ1) is 9.80. The Kier molecular flexibility index (Phi) is 4.03. The van der Waals surface area contributed by atoms with E-state index in [4.69, 9.17) is 9.72 Å². The van der Waals surface area contributed by atoms with Crippen LogP contribution in [0.1, 0.15) is 40.0 Å². The number of nitrogens with zero attached hydrogens (tertiary/aromatic N) is 1. The number of hydrogen-bond acceptors (Lipinski definition) is 4. The third-order valence-corrected chi connectivity index (χ3v) is 4.97. The maximum absolute atomic E-state index is 5.28. The second-order valence-electron chi connectivity index (χ2n) is 5.18. The van der Waals surface area contributed by atoms with Gasteiger partial charge in [0.1, 0.15) is 5.75 Å². The Bertz CT molecular complexity index is 594. The van der Waals surface area contributed by atoms with Crippen LogP contribution in [-0.4, -0.2) is 19.1 Å². The van der Waals surface area contributed by atoms with Gasteiger partial charge in [-0.2, -0.15) is 0 Å². The number of ether oxygens (including phenoxy) is 1. The van der Waals surface area contributed by atoms with Crippen molar-refractivity contribution in [3.05, 3.63) is 45.4 Å². The highest BCUT2D eigenvalue weighted by molar-refractivity contribution is 7.11. The van der Waals surface area contributed by atoms with E-state index in [0.717, 1.165) is 12.2 Å². The van der Waals surface area contributed by atoms with Gasteiger partial charge < -0.3 is 10.1 Å². The zero-order valence-corrected chi connectivity index (χ0v) is 12.8. The molecule has 1 unspecified atom stereocenters. The number of rotatable bonds is 4. The molecule has 4 heteroatoms. The van der Waals surface area contributed by atoms with Crippen LogP contribution in [0, 0.1) is 0 Å². The molecule has 0 bridgehead atoms. The fraction of sp³-hybridized carbons (Fsp3) is 0.438. The Balaban J connectivity index is 1.83. The summed E-state index contributed by atoms with van der Waals surface area (Å²) < 4.78 is 5.28. The number of aryl methyl sites for hydroxylation is 1. The molecule has 1 aromatic carbocycles.